The molecule has 0 bridgehead atoms. The largest absolute Gasteiger partial charge is 0.462 e. The Morgan fingerprint density at radius 2 is 1.29 bits per heavy atom. The monoisotopic (exact) mass is 598 g/mol. The van der Waals surface area contributed by atoms with Gasteiger partial charge in [-0.2, -0.15) is 0 Å². The molecule has 0 spiro atoms. The number of aliphatic hydroxyl groups is 7. The Balaban J connectivity index is 1.92. The van der Waals surface area contributed by atoms with E-state index in [9.17, 15) is 45.3 Å². The fourth-order valence-corrected chi connectivity index (χ4v) is 4.41. The number of unbranched alkanes of at least 4 members (excludes halogenated alkanes) is 5. The molecule has 240 valence electrons. The van der Waals surface area contributed by atoms with Crippen molar-refractivity contribution < 1.29 is 73.8 Å². The van der Waals surface area contributed by atoms with Crippen LogP contribution in [-0.2, 0) is 38.0 Å². The van der Waals surface area contributed by atoms with E-state index in [4.69, 9.17) is 28.4 Å². The van der Waals surface area contributed by atoms with E-state index in [-0.39, 0.29) is 19.6 Å². The molecule has 0 aromatic heterocycles. The van der Waals surface area contributed by atoms with E-state index in [2.05, 4.69) is 6.92 Å². The minimum absolute atomic E-state index is 0.160. The van der Waals surface area contributed by atoms with Crippen LogP contribution in [-0.4, -0.2) is 142 Å². The maximum absolute atomic E-state index is 12.3. The van der Waals surface area contributed by atoms with Gasteiger partial charge < -0.3 is 64.2 Å². The third-order valence-electron chi connectivity index (χ3n) is 6.89. The van der Waals surface area contributed by atoms with Crippen LogP contribution in [0, 0.1) is 0 Å². The second-order valence-electron chi connectivity index (χ2n) is 10.3. The predicted molar refractivity (Wildman–Crippen MR) is 137 cm³/mol. The van der Waals surface area contributed by atoms with Gasteiger partial charge in [-0.3, -0.25) is 9.59 Å². The van der Waals surface area contributed by atoms with Gasteiger partial charge in [0.2, 0.25) is 0 Å². The number of aliphatic hydroxyl groups excluding tert-OH is 7. The topological polar surface area (TPSA) is 231 Å². The molecule has 15 nitrogen and oxygen atoms in total. The van der Waals surface area contributed by atoms with Crippen LogP contribution in [0.2, 0.25) is 0 Å². The van der Waals surface area contributed by atoms with Crippen LogP contribution in [0.4, 0.5) is 0 Å². The summed E-state index contributed by atoms with van der Waals surface area (Å²) < 4.78 is 32.0. The minimum atomic E-state index is -1.75. The van der Waals surface area contributed by atoms with Crippen LogP contribution in [0.3, 0.4) is 0 Å². The summed E-state index contributed by atoms with van der Waals surface area (Å²) in [5, 5.41) is 70.4. The smallest absolute Gasteiger partial charge is 0.306 e. The molecule has 2 aliphatic rings. The van der Waals surface area contributed by atoms with E-state index >= 15 is 0 Å². The summed E-state index contributed by atoms with van der Waals surface area (Å²) in [6.07, 6.45) is -10.8. The van der Waals surface area contributed by atoms with Gasteiger partial charge >= 0.3 is 11.9 Å². The molecule has 0 aromatic rings. The van der Waals surface area contributed by atoms with Crippen molar-refractivity contribution in [1.82, 2.24) is 0 Å². The zero-order chi connectivity index (χ0) is 30.5. The highest BCUT2D eigenvalue weighted by Crippen LogP contribution is 2.26. The Labute approximate surface area is 238 Å². The normalized spacial score (nSPS) is 34.7. The van der Waals surface area contributed by atoms with Gasteiger partial charge in [0.05, 0.1) is 19.8 Å². The van der Waals surface area contributed by atoms with Crippen molar-refractivity contribution in [3.05, 3.63) is 0 Å². The lowest BCUT2D eigenvalue weighted by atomic mass is 9.98. The Bertz CT molecular complexity index is 767. The molecule has 2 aliphatic heterocycles. The highest BCUT2D eigenvalue weighted by Gasteiger charge is 2.47. The third kappa shape index (κ3) is 11.3. The first-order chi connectivity index (χ1) is 19.5. The lowest BCUT2D eigenvalue weighted by molar-refractivity contribution is -0.332. The molecule has 2 rings (SSSR count). The fourth-order valence-electron chi connectivity index (χ4n) is 4.41. The average molecular weight is 599 g/mol. The molecular weight excluding hydrogens is 552 g/mol. The maximum Gasteiger partial charge on any atom is 0.306 e. The van der Waals surface area contributed by atoms with Crippen LogP contribution >= 0.6 is 0 Å². The zero-order valence-electron chi connectivity index (χ0n) is 23.5. The molecule has 41 heavy (non-hydrogen) atoms. The van der Waals surface area contributed by atoms with Gasteiger partial charge in [0, 0.05) is 13.3 Å². The van der Waals surface area contributed by atoms with Crippen LogP contribution in [0.25, 0.3) is 0 Å². The quantitative estimate of drug-likeness (QED) is 0.0699. The predicted octanol–water partition coefficient (Wildman–Crippen LogP) is -2.15. The van der Waals surface area contributed by atoms with Crippen molar-refractivity contribution in [3.8, 4) is 0 Å². The summed E-state index contributed by atoms with van der Waals surface area (Å²) in [5.74, 6) is -1.13. The van der Waals surface area contributed by atoms with E-state index in [0.29, 0.717) is 6.42 Å². The Hall–Kier alpha value is -1.50. The summed E-state index contributed by atoms with van der Waals surface area (Å²) in [7, 11) is 0. The number of hydrogen-bond acceptors (Lipinski definition) is 15. The minimum Gasteiger partial charge on any atom is -0.462 e. The number of esters is 2. The van der Waals surface area contributed by atoms with E-state index in [1.165, 1.54) is 6.92 Å². The molecule has 2 fully saturated rings. The van der Waals surface area contributed by atoms with Crippen LogP contribution in [0.1, 0.15) is 58.8 Å². The van der Waals surface area contributed by atoms with Crippen molar-refractivity contribution >= 4 is 11.9 Å². The standard InChI is InChI=1S/C26H46O15/c1-3-4-5-6-7-8-9-18(29)39-15(11-36-14(2)28)12-37-25-24(35)22(33)20(31)17(41-25)13-38-26-23(34)21(32)19(30)16(10-27)40-26/h15-17,19-27,30-35H,3-13H2,1-2H3. The van der Waals surface area contributed by atoms with Gasteiger partial charge in [0.25, 0.3) is 0 Å². The van der Waals surface area contributed by atoms with Gasteiger partial charge in [-0.25, -0.2) is 0 Å². The van der Waals surface area contributed by atoms with Crippen LogP contribution in [0.5, 0.6) is 0 Å². The first-order valence-electron chi connectivity index (χ1n) is 14.1. The molecule has 0 saturated carbocycles. The molecule has 11 atom stereocenters. The van der Waals surface area contributed by atoms with Crippen molar-refractivity contribution in [1.29, 1.82) is 0 Å². The Morgan fingerprint density at radius 3 is 1.90 bits per heavy atom. The molecule has 0 amide bonds. The fraction of sp³-hybridized carbons (Fsp3) is 0.923. The van der Waals surface area contributed by atoms with Gasteiger partial charge in [-0.15, -0.1) is 0 Å². The molecule has 2 saturated heterocycles. The number of rotatable bonds is 17. The van der Waals surface area contributed by atoms with Gasteiger partial charge in [0.1, 0.15) is 55.4 Å². The molecule has 0 aromatic carbocycles. The Morgan fingerprint density at radius 1 is 0.732 bits per heavy atom. The number of carbonyl (C=O) groups excluding carboxylic acids is 2. The highest BCUT2D eigenvalue weighted by atomic mass is 16.7. The summed E-state index contributed by atoms with van der Waals surface area (Å²) in [4.78, 5) is 23.6. The molecule has 0 aliphatic carbocycles. The van der Waals surface area contributed by atoms with Crippen molar-refractivity contribution in [3.63, 3.8) is 0 Å². The average Bonchev–Trinajstić information content (AvgIpc) is 2.94. The van der Waals surface area contributed by atoms with Gasteiger partial charge in [-0.1, -0.05) is 39.0 Å². The maximum atomic E-state index is 12.3. The summed E-state index contributed by atoms with van der Waals surface area (Å²) in [5.41, 5.74) is 0. The number of ether oxygens (including phenoxy) is 6. The lowest BCUT2D eigenvalue weighted by Gasteiger charge is -2.42. The Kier molecular flexibility index (Phi) is 15.9. The first-order valence-corrected chi connectivity index (χ1v) is 14.1. The molecule has 15 heteroatoms. The van der Waals surface area contributed by atoms with E-state index in [0.717, 1.165) is 32.1 Å². The molecule has 0 radical (unpaired) electrons. The first kappa shape index (κ1) is 35.7. The molecular formula is C26H46O15. The number of carbonyl (C=O) groups is 2. The summed E-state index contributed by atoms with van der Waals surface area (Å²) in [6, 6.07) is 0. The summed E-state index contributed by atoms with van der Waals surface area (Å²) >= 11 is 0. The second kappa shape index (κ2) is 18.2. The van der Waals surface area contributed by atoms with E-state index in [1.54, 1.807) is 0 Å². The van der Waals surface area contributed by atoms with Crippen LogP contribution in [0.15, 0.2) is 0 Å². The van der Waals surface area contributed by atoms with Crippen molar-refractivity contribution in [2.45, 2.75) is 126 Å². The lowest BCUT2D eigenvalue weighted by Crippen LogP contribution is -2.61. The molecule has 2 heterocycles. The summed E-state index contributed by atoms with van der Waals surface area (Å²) in [6.45, 7) is 1.38. The second-order valence-corrected chi connectivity index (χ2v) is 10.3. The number of hydrogen-bond donors (Lipinski definition) is 7. The highest BCUT2D eigenvalue weighted by molar-refractivity contribution is 5.69. The molecule has 7 N–H and O–H groups in total. The van der Waals surface area contributed by atoms with E-state index in [1.807, 2.05) is 0 Å². The van der Waals surface area contributed by atoms with Crippen molar-refractivity contribution in [2.75, 3.05) is 26.4 Å². The van der Waals surface area contributed by atoms with Crippen molar-refractivity contribution in [2.24, 2.45) is 0 Å². The SMILES string of the molecule is CCCCCCCCC(=O)OC(COC(C)=O)COC1OC(COC2OC(CO)C(O)C(O)C2O)C(O)C(O)C1O. The van der Waals surface area contributed by atoms with Gasteiger partial charge in [-0.05, 0) is 6.42 Å². The van der Waals surface area contributed by atoms with Gasteiger partial charge in [0.15, 0.2) is 18.7 Å². The third-order valence-corrected chi connectivity index (χ3v) is 6.89. The zero-order valence-corrected chi connectivity index (χ0v) is 23.5. The van der Waals surface area contributed by atoms with E-state index < -0.39 is 92.7 Å². The van der Waals surface area contributed by atoms with Crippen LogP contribution < -0.4 is 0 Å². The molecule has 11 unspecified atom stereocenters.